The van der Waals surface area contributed by atoms with Gasteiger partial charge < -0.3 is 10.2 Å². The van der Waals surface area contributed by atoms with Crippen LogP contribution in [0.1, 0.15) is 5.76 Å². The Labute approximate surface area is 73.3 Å². The molecule has 1 atom stereocenters. The van der Waals surface area contributed by atoms with Gasteiger partial charge in [-0.05, 0) is 23.7 Å². The third-order valence-corrected chi connectivity index (χ3v) is 1.59. The second kappa shape index (κ2) is 3.87. The Hall–Kier alpha value is -0.610. The van der Waals surface area contributed by atoms with E-state index in [2.05, 4.69) is 0 Å². The van der Waals surface area contributed by atoms with Crippen LogP contribution >= 0.6 is 11.6 Å². The van der Waals surface area contributed by atoms with Crippen LogP contribution in [0.5, 0.6) is 0 Å². The molecule has 0 fully saturated rings. The molecule has 0 aliphatic heterocycles. The van der Waals surface area contributed by atoms with Crippen molar-refractivity contribution >= 4 is 11.6 Å². The van der Waals surface area contributed by atoms with Crippen molar-refractivity contribution in [3.05, 3.63) is 23.1 Å². The summed E-state index contributed by atoms with van der Waals surface area (Å²) in [6.45, 7) is 0. The summed E-state index contributed by atoms with van der Waals surface area (Å²) in [5, 5.41) is 0.187. The number of rotatable bonds is 3. The fraction of sp³-hybridized carbons (Fsp3) is 0.429. The maximum absolute atomic E-state index is 11.9. The van der Waals surface area contributed by atoms with E-state index in [1.165, 1.54) is 12.1 Å². The first kappa shape index (κ1) is 9.48. The number of hydrogen-bond donors (Lipinski definition) is 1. The largest absolute Gasteiger partial charge is 0.450 e. The van der Waals surface area contributed by atoms with Gasteiger partial charge in [-0.2, -0.15) is 0 Å². The van der Waals surface area contributed by atoms with E-state index in [-0.39, 0.29) is 11.6 Å². The highest BCUT2D eigenvalue weighted by molar-refractivity contribution is 6.28. The van der Waals surface area contributed by atoms with Crippen molar-refractivity contribution in [1.82, 2.24) is 0 Å². The number of nitrogens with two attached hydrogens (primary N) is 1. The van der Waals surface area contributed by atoms with Gasteiger partial charge in [0.15, 0.2) is 5.22 Å². The van der Waals surface area contributed by atoms with Gasteiger partial charge in [-0.25, -0.2) is 8.78 Å². The lowest BCUT2D eigenvalue weighted by molar-refractivity contribution is 0.113. The van der Waals surface area contributed by atoms with Gasteiger partial charge in [-0.3, -0.25) is 0 Å². The highest BCUT2D eigenvalue weighted by Gasteiger charge is 2.17. The predicted octanol–water partition coefficient (Wildman–Crippen LogP) is 2.07. The van der Waals surface area contributed by atoms with Crippen molar-refractivity contribution < 1.29 is 13.2 Å². The SMILES string of the molecule is NC(Cc1ccc(Cl)o1)C(F)F. The van der Waals surface area contributed by atoms with Gasteiger partial charge in [0.1, 0.15) is 5.76 Å². The quantitative estimate of drug-likeness (QED) is 0.802. The molecule has 0 radical (unpaired) electrons. The van der Waals surface area contributed by atoms with Gasteiger partial charge in [0.2, 0.25) is 0 Å². The number of hydrogen-bond acceptors (Lipinski definition) is 2. The van der Waals surface area contributed by atoms with Crippen LogP contribution in [-0.4, -0.2) is 12.5 Å². The van der Waals surface area contributed by atoms with Gasteiger partial charge in [0, 0.05) is 6.42 Å². The fourth-order valence-corrected chi connectivity index (χ4v) is 0.945. The molecule has 2 nitrogen and oxygen atoms in total. The highest BCUT2D eigenvalue weighted by Crippen LogP contribution is 2.15. The summed E-state index contributed by atoms with van der Waals surface area (Å²) in [4.78, 5) is 0. The van der Waals surface area contributed by atoms with Gasteiger partial charge in [0.05, 0.1) is 6.04 Å². The summed E-state index contributed by atoms with van der Waals surface area (Å²) in [6.07, 6.45) is -2.53. The first-order valence-electron chi connectivity index (χ1n) is 3.37. The summed E-state index contributed by atoms with van der Waals surface area (Å²) in [7, 11) is 0. The monoisotopic (exact) mass is 195 g/mol. The van der Waals surface area contributed by atoms with E-state index >= 15 is 0 Å². The zero-order valence-corrected chi connectivity index (χ0v) is 6.89. The Morgan fingerprint density at radius 3 is 2.58 bits per heavy atom. The third-order valence-electron chi connectivity index (χ3n) is 1.39. The zero-order chi connectivity index (χ0) is 9.14. The molecule has 0 aliphatic carbocycles. The Kier molecular flexibility index (Phi) is 3.05. The Morgan fingerprint density at radius 2 is 2.17 bits per heavy atom. The van der Waals surface area contributed by atoms with Crippen LogP contribution in [0.25, 0.3) is 0 Å². The van der Waals surface area contributed by atoms with E-state index in [1.54, 1.807) is 0 Å². The van der Waals surface area contributed by atoms with Crippen molar-refractivity contribution in [2.24, 2.45) is 5.73 Å². The molecule has 1 unspecified atom stereocenters. The molecule has 1 heterocycles. The molecule has 0 spiro atoms. The average Bonchev–Trinajstić information content (AvgIpc) is 2.35. The molecular weight excluding hydrogens is 188 g/mol. The van der Waals surface area contributed by atoms with Crippen molar-refractivity contribution in [3.63, 3.8) is 0 Å². The van der Waals surface area contributed by atoms with E-state index in [4.69, 9.17) is 21.8 Å². The molecule has 0 aliphatic rings. The number of alkyl halides is 2. The van der Waals surface area contributed by atoms with Crippen molar-refractivity contribution in [1.29, 1.82) is 0 Å². The fourth-order valence-electron chi connectivity index (χ4n) is 0.783. The molecule has 0 saturated carbocycles. The second-order valence-corrected chi connectivity index (χ2v) is 2.78. The molecule has 1 aromatic rings. The van der Waals surface area contributed by atoms with Crippen LogP contribution in [0.4, 0.5) is 8.78 Å². The second-order valence-electron chi connectivity index (χ2n) is 2.41. The standard InChI is InChI=1S/C7H8ClF2NO/c8-6-2-1-4(12-6)3-5(11)7(9)10/h1-2,5,7H,3,11H2. The van der Waals surface area contributed by atoms with Crippen LogP contribution in [0.15, 0.2) is 16.5 Å². The van der Waals surface area contributed by atoms with Crippen LogP contribution in [0.2, 0.25) is 5.22 Å². The molecule has 2 N–H and O–H groups in total. The van der Waals surface area contributed by atoms with Gasteiger partial charge >= 0.3 is 0 Å². The minimum absolute atomic E-state index is 0.00435. The Morgan fingerprint density at radius 1 is 1.50 bits per heavy atom. The molecule has 0 aromatic carbocycles. The molecule has 5 heteroatoms. The molecule has 1 aromatic heterocycles. The minimum Gasteiger partial charge on any atom is -0.450 e. The van der Waals surface area contributed by atoms with Crippen LogP contribution < -0.4 is 5.73 Å². The molecule has 0 saturated heterocycles. The molecule has 0 amide bonds. The van der Waals surface area contributed by atoms with Gasteiger partial charge in [-0.1, -0.05) is 0 Å². The van der Waals surface area contributed by atoms with Crippen molar-refractivity contribution in [3.8, 4) is 0 Å². The summed E-state index contributed by atoms with van der Waals surface area (Å²) >= 11 is 5.43. The lowest BCUT2D eigenvalue weighted by Gasteiger charge is -2.06. The maximum Gasteiger partial charge on any atom is 0.253 e. The molecule has 12 heavy (non-hydrogen) atoms. The van der Waals surface area contributed by atoms with Crippen LogP contribution in [0, 0.1) is 0 Å². The van der Waals surface area contributed by atoms with E-state index in [1.807, 2.05) is 0 Å². The van der Waals surface area contributed by atoms with Crippen molar-refractivity contribution in [2.45, 2.75) is 18.9 Å². The minimum atomic E-state index is -2.53. The van der Waals surface area contributed by atoms with E-state index in [9.17, 15) is 8.78 Å². The summed E-state index contributed by atoms with van der Waals surface area (Å²) in [6, 6.07) is 1.84. The highest BCUT2D eigenvalue weighted by atomic mass is 35.5. The maximum atomic E-state index is 11.9. The van der Waals surface area contributed by atoms with E-state index < -0.39 is 12.5 Å². The Balaban J connectivity index is 2.52. The van der Waals surface area contributed by atoms with Crippen molar-refractivity contribution in [2.75, 3.05) is 0 Å². The number of halogens is 3. The topological polar surface area (TPSA) is 39.2 Å². The summed E-state index contributed by atoms with van der Waals surface area (Å²) < 4.78 is 28.7. The lowest BCUT2D eigenvalue weighted by atomic mass is 10.2. The summed E-state index contributed by atoms with van der Waals surface area (Å²) in [5.41, 5.74) is 5.10. The van der Waals surface area contributed by atoms with Crippen LogP contribution in [-0.2, 0) is 6.42 Å². The smallest absolute Gasteiger partial charge is 0.253 e. The molecule has 68 valence electrons. The normalized spacial score (nSPS) is 13.8. The predicted molar refractivity (Wildman–Crippen MR) is 41.4 cm³/mol. The molecule has 0 bridgehead atoms. The lowest BCUT2D eigenvalue weighted by Crippen LogP contribution is -2.30. The number of furan rings is 1. The van der Waals surface area contributed by atoms with Crippen LogP contribution in [0.3, 0.4) is 0 Å². The van der Waals surface area contributed by atoms with Gasteiger partial charge in [0.25, 0.3) is 6.43 Å². The van der Waals surface area contributed by atoms with E-state index in [0.29, 0.717) is 5.76 Å². The summed E-state index contributed by atoms with van der Waals surface area (Å²) in [5.74, 6) is 0.382. The molecule has 1 rings (SSSR count). The first-order chi connectivity index (χ1) is 5.59. The molecular formula is C7H8ClF2NO. The van der Waals surface area contributed by atoms with E-state index in [0.717, 1.165) is 0 Å². The average molecular weight is 196 g/mol. The third kappa shape index (κ3) is 2.46. The Bertz CT molecular complexity index is 251. The van der Waals surface area contributed by atoms with Gasteiger partial charge in [-0.15, -0.1) is 0 Å². The zero-order valence-electron chi connectivity index (χ0n) is 6.14. The first-order valence-corrected chi connectivity index (χ1v) is 3.75.